The van der Waals surface area contributed by atoms with Crippen LogP contribution in [0.15, 0.2) is 30.5 Å². The summed E-state index contributed by atoms with van der Waals surface area (Å²) in [7, 11) is 0. The van der Waals surface area contributed by atoms with E-state index < -0.39 is 5.97 Å². The van der Waals surface area contributed by atoms with Crippen LogP contribution in [0.2, 0.25) is 0 Å². The molecule has 26 heavy (non-hydrogen) atoms. The lowest BCUT2D eigenvalue weighted by molar-refractivity contribution is -0.143. The molecule has 1 aromatic heterocycles. The monoisotopic (exact) mass is 355 g/mol. The van der Waals surface area contributed by atoms with Gasteiger partial charge in [0.15, 0.2) is 0 Å². The molecule has 1 aliphatic heterocycles. The number of likely N-dealkylation sites (tertiary alicyclic amines) is 1. The zero-order valence-electron chi connectivity index (χ0n) is 16.2. The van der Waals surface area contributed by atoms with Crippen molar-refractivity contribution in [2.24, 2.45) is 5.92 Å². The third kappa shape index (κ3) is 4.15. The van der Waals surface area contributed by atoms with Crippen LogP contribution in [0.25, 0.3) is 5.69 Å². The highest BCUT2D eigenvalue weighted by Crippen LogP contribution is 2.28. The Bertz CT molecular complexity index is 772. The van der Waals surface area contributed by atoms with E-state index in [2.05, 4.69) is 63.1 Å². The van der Waals surface area contributed by atoms with Crippen molar-refractivity contribution in [2.45, 2.75) is 52.5 Å². The van der Waals surface area contributed by atoms with Crippen molar-refractivity contribution in [1.29, 1.82) is 0 Å². The van der Waals surface area contributed by atoms with Gasteiger partial charge in [-0.1, -0.05) is 38.5 Å². The van der Waals surface area contributed by atoms with Gasteiger partial charge in [-0.2, -0.15) is 5.10 Å². The highest BCUT2D eigenvalue weighted by Gasteiger charge is 2.28. The minimum Gasteiger partial charge on any atom is -0.481 e. The van der Waals surface area contributed by atoms with E-state index in [0.717, 1.165) is 37.3 Å². The van der Waals surface area contributed by atoms with Gasteiger partial charge in [0.05, 0.1) is 17.3 Å². The summed E-state index contributed by atoms with van der Waals surface area (Å²) in [6.07, 6.45) is 3.82. The zero-order valence-corrected chi connectivity index (χ0v) is 16.2. The Labute approximate surface area is 155 Å². The fourth-order valence-corrected chi connectivity index (χ4v) is 3.63. The van der Waals surface area contributed by atoms with Gasteiger partial charge in [-0.25, -0.2) is 4.68 Å². The van der Waals surface area contributed by atoms with Gasteiger partial charge < -0.3 is 5.11 Å². The van der Waals surface area contributed by atoms with Gasteiger partial charge in [0, 0.05) is 30.3 Å². The maximum atomic E-state index is 11.4. The summed E-state index contributed by atoms with van der Waals surface area (Å²) < 4.78 is 1.95. The molecule has 140 valence electrons. The van der Waals surface area contributed by atoms with E-state index in [-0.39, 0.29) is 11.3 Å². The number of nitrogens with zero attached hydrogens (tertiary/aromatic N) is 3. The molecule has 1 atom stereocenters. The SMILES string of the molecule is Cc1ccc(-n2cc(CN3CCCC(C(=O)O)C3)c(C(C)(C)C)n2)cc1. The number of aliphatic carboxylic acids is 1. The van der Waals surface area contributed by atoms with Gasteiger partial charge in [-0.3, -0.25) is 9.69 Å². The fraction of sp³-hybridized carbons (Fsp3) is 0.524. The number of carbonyl (C=O) groups is 1. The molecule has 1 aromatic carbocycles. The average Bonchev–Trinajstić information content (AvgIpc) is 3.00. The third-order valence-electron chi connectivity index (χ3n) is 5.05. The van der Waals surface area contributed by atoms with Crippen molar-refractivity contribution in [3.63, 3.8) is 0 Å². The van der Waals surface area contributed by atoms with Gasteiger partial charge in [-0.15, -0.1) is 0 Å². The lowest BCUT2D eigenvalue weighted by Gasteiger charge is -2.31. The molecule has 0 aliphatic carbocycles. The molecule has 0 radical (unpaired) electrons. The predicted molar refractivity (Wildman–Crippen MR) is 103 cm³/mol. The van der Waals surface area contributed by atoms with E-state index in [1.165, 1.54) is 11.1 Å². The average molecular weight is 355 g/mol. The maximum absolute atomic E-state index is 11.4. The number of carboxylic acid groups (broad SMARTS) is 1. The molecule has 1 saturated heterocycles. The van der Waals surface area contributed by atoms with Crippen LogP contribution in [0.1, 0.15) is 50.4 Å². The first kappa shape index (κ1) is 18.6. The first-order valence-electron chi connectivity index (χ1n) is 9.35. The second-order valence-corrected chi connectivity index (χ2v) is 8.45. The van der Waals surface area contributed by atoms with Crippen molar-refractivity contribution < 1.29 is 9.90 Å². The quantitative estimate of drug-likeness (QED) is 0.907. The second kappa shape index (κ2) is 7.23. The Balaban J connectivity index is 1.88. The smallest absolute Gasteiger partial charge is 0.307 e. The van der Waals surface area contributed by atoms with Crippen molar-refractivity contribution >= 4 is 5.97 Å². The van der Waals surface area contributed by atoms with Gasteiger partial charge in [-0.05, 0) is 38.4 Å². The van der Waals surface area contributed by atoms with E-state index in [1.807, 2.05) is 4.68 Å². The highest BCUT2D eigenvalue weighted by molar-refractivity contribution is 5.70. The lowest BCUT2D eigenvalue weighted by atomic mass is 9.89. The molecule has 3 rings (SSSR count). The summed E-state index contributed by atoms with van der Waals surface area (Å²) in [4.78, 5) is 13.6. The van der Waals surface area contributed by atoms with Crippen molar-refractivity contribution in [3.8, 4) is 5.69 Å². The minimum atomic E-state index is -0.680. The van der Waals surface area contributed by atoms with Crippen LogP contribution >= 0.6 is 0 Å². The molecule has 1 N–H and O–H groups in total. The molecule has 5 heteroatoms. The Kier molecular flexibility index (Phi) is 5.19. The van der Waals surface area contributed by atoms with Gasteiger partial charge in [0.2, 0.25) is 0 Å². The Morgan fingerprint density at radius 2 is 1.96 bits per heavy atom. The Hall–Kier alpha value is -2.14. The number of rotatable bonds is 4. The van der Waals surface area contributed by atoms with E-state index in [1.54, 1.807) is 0 Å². The van der Waals surface area contributed by atoms with Crippen molar-refractivity contribution in [1.82, 2.24) is 14.7 Å². The van der Waals surface area contributed by atoms with E-state index >= 15 is 0 Å². The number of carboxylic acids is 1. The van der Waals surface area contributed by atoms with Gasteiger partial charge in [0.25, 0.3) is 0 Å². The van der Waals surface area contributed by atoms with E-state index in [0.29, 0.717) is 6.54 Å². The second-order valence-electron chi connectivity index (χ2n) is 8.45. The number of hydrogen-bond acceptors (Lipinski definition) is 3. The largest absolute Gasteiger partial charge is 0.481 e. The molecule has 2 heterocycles. The highest BCUT2D eigenvalue weighted by atomic mass is 16.4. The standard InChI is InChI=1S/C21H29N3O2/c1-15-7-9-18(10-8-15)24-14-17(19(22-24)21(2,3)4)13-23-11-5-6-16(12-23)20(25)26/h7-10,14,16H,5-6,11-13H2,1-4H3,(H,25,26). The van der Waals surface area contributed by atoms with Crippen molar-refractivity contribution in [2.75, 3.05) is 13.1 Å². The molecule has 1 unspecified atom stereocenters. The van der Waals surface area contributed by atoms with Crippen LogP contribution in [-0.2, 0) is 16.8 Å². The summed E-state index contributed by atoms with van der Waals surface area (Å²) in [5.74, 6) is -0.935. The molecule has 0 amide bonds. The summed E-state index contributed by atoms with van der Waals surface area (Å²) >= 11 is 0. The molecule has 0 spiro atoms. The molecular formula is C21H29N3O2. The number of aromatic nitrogens is 2. The maximum Gasteiger partial charge on any atom is 0.307 e. The van der Waals surface area contributed by atoms with Crippen LogP contribution in [0.3, 0.4) is 0 Å². The topological polar surface area (TPSA) is 58.4 Å². The predicted octanol–water partition coefficient (Wildman–Crippen LogP) is 3.77. The van der Waals surface area contributed by atoms with Gasteiger partial charge >= 0.3 is 5.97 Å². The van der Waals surface area contributed by atoms with E-state index in [4.69, 9.17) is 5.10 Å². The number of hydrogen-bond donors (Lipinski definition) is 1. The molecule has 5 nitrogen and oxygen atoms in total. The molecule has 1 fully saturated rings. The van der Waals surface area contributed by atoms with Crippen LogP contribution < -0.4 is 0 Å². The summed E-state index contributed by atoms with van der Waals surface area (Å²) in [5, 5.41) is 14.2. The van der Waals surface area contributed by atoms with E-state index in [9.17, 15) is 9.90 Å². The zero-order chi connectivity index (χ0) is 18.9. The summed E-state index contributed by atoms with van der Waals surface area (Å²) in [6.45, 7) is 10.9. The molecule has 1 aliphatic rings. The summed E-state index contributed by atoms with van der Waals surface area (Å²) in [5.41, 5.74) is 4.48. The number of benzene rings is 1. The number of aryl methyl sites for hydroxylation is 1. The van der Waals surface area contributed by atoms with Crippen molar-refractivity contribution in [3.05, 3.63) is 47.3 Å². The normalized spacial score (nSPS) is 18.8. The first-order chi connectivity index (χ1) is 12.2. The molecular weight excluding hydrogens is 326 g/mol. The number of piperidine rings is 1. The fourth-order valence-electron chi connectivity index (χ4n) is 3.63. The first-order valence-corrected chi connectivity index (χ1v) is 9.35. The Morgan fingerprint density at radius 1 is 1.27 bits per heavy atom. The molecule has 0 saturated carbocycles. The molecule has 2 aromatic rings. The molecule has 0 bridgehead atoms. The van der Waals surface area contributed by atoms with Gasteiger partial charge in [0.1, 0.15) is 0 Å². The van der Waals surface area contributed by atoms with Crippen LogP contribution in [0.4, 0.5) is 0 Å². The van der Waals surface area contributed by atoms with Crippen LogP contribution in [0.5, 0.6) is 0 Å². The van der Waals surface area contributed by atoms with Crippen LogP contribution in [-0.4, -0.2) is 38.8 Å². The Morgan fingerprint density at radius 3 is 2.58 bits per heavy atom. The minimum absolute atomic E-state index is 0.0622. The lowest BCUT2D eigenvalue weighted by Crippen LogP contribution is -2.38. The summed E-state index contributed by atoms with van der Waals surface area (Å²) in [6, 6.07) is 8.35. The third-order valence-corrected chi connectivity index (χ3v) is 5.05. The van der Waals surface area contributed by atoms with Crippen LogP contribution in [0, 0.1) is 12.8 Å².